The fourth-order valence-electron chi connectivity index (χ4n) is 2.68. The SMILES string of the molecule is CCn1c(SC(C(=O)N(C)C)c2ccccc2)nc2ccccc21. The maximum Gasteiger partial charge on any atom is 0.240 e. The van der Waals surface area contributed by atoms with Gasteiger partial charge in [-0.1, -0.05) is 54.2 Å². The number of thioether (sulfide) groups is 1. The minimum Gasteiger partial charge on any atom is -0.348 e. The molecule has 0 saturated heterocycles. The number of imidazole rings is 1. The number of hydrogen-bond acceptors (Lipinski definition) is 3. The van der Waals surface area contributed by atoms with Crippen LogP contribution in [-0.2, 0) is 11.3 Å². The van der Waals surface area contributed by atoms with Crippen LogP contribution in [0.4, 0.5) is 0 Å². The summed E-state index contributed by atoms with van der Waals surface area (Å²) in [5.74, 6) is 0.0703. The first kappa shape index (κ1) is 16.6. The predicted molar refractivity (Wildman–Crippen MR) is 99.1 cm³/mol. The summed E-state index contributed by atoms with van der Waals surface area (Å²) in [6.07, 6.45) is 0. The zero-order valence-corrected chi connectivity index (χ0v) is 15.0. The van der Waals surface area contributed by atoms with Crippen molar-refractivity contribution in [2.75, 3.05) is 14.1 Å². The van der Waals surface area contributed by atoms with Gasteiger partial charge >= 0.3 is 0 Å². The van der Waals surface area contributed by atoms with Crippen LogP contribution in [0.25, 0.3) is 11.0 Å². The van der Waals surface area contributed by atoms with Gasteiger partial charge in [-0.05, 0) is 24.6 Å². The minimum absolute atomic E-state index is 0.0703. The third kappa shape index (κ3) is 3.17. The molecule has 24 heavy (non-hydrogen) atoms. The Kier molecular flexibility index (Phi) is 4.90. The van der Waals surface area contributed by atoms with Crippen molar-refractivity contribution >= 4 is 28.7 Å². The Morgan fingerprint density at radius 1 is 1.12 bits per heavy atom. The highest BCUT2D eigenvalue weighted by molar-refractivity contribution is 8.00. The predicted octanol–water partition coefficient (Wildman–Crippen LogP) is 3.98. The van der Waals surface area contributed by atoms with E-state index in [9.17, 15) is 4.79 Å². The van der Waals surface area contributed by atoms with E-state index in [1.165, 1.54) is 11.8 Å². The fourth-order valence-corrected chi connectivity index (χ4v) is 4.00. The lowest BCUT2D eigenvalue weighted by Gasteiger charge is -2.20. The Bertz CT molecular complexity index is 842. The number of para-hydroxylation sites is 2. The van der Waals surface area contributed by atoms with Crippen molar-refractivity contribution in [3.8, 4) is 0 Å². The summed E-state index contributed by atoms with van der Waals surface area (Å²) >= 11 is 1.52. The largest absolute Gasteiger partial charge is 0.348 e. The van der Waals surface area contributed by atoms with Gasteiger partial charge in [-0.25, -0.2) is 4.98 Å². The van der Waals surface area contributed by atoms with Gasteiger partial charge in [0.25, 0.3) is 0 Å². The third-order valence-corrected chi connectivity index (χ3v) is 5.16. The van der Waals surface area contributed by atoms with Gasteiger partial charge in [0.15, 0.2) is 5.16 Å². The van der Waals surface area contributed by atoms with E-state index in [0.29, 0.717) is 0 Å². The van der Waals surface area contributed by atoms with Gasteiger partial charge in [-0.15, -0.1) is 0 Å². The lowest BCUT2D eigenvalue weighted by Crippen LogP contribution is -2.27. The van der Waals surface area contributed by atoms with Crippen LogP contribution in [0.2, 0.25) is 0 Å². The van der Waals surface area contributed by atoms with Crippen LogP contribution in [0.5, 0.6) is 0 Å². The maximum absolute atomic E-state index is 12.7. The minimum atomic E-state index is -0.302. The first-order chi connectivity index (χ1) is 11.6. The topological polar surface area (TPSA) is 38.1 Å². The molecule has 0 N–H and O–H groups in total. The second-order valence-electron chi connectivity index (χ2n) is 5.77. The van der Waals surface area contributed by atoms with E-state index in [4.69, 9.17) is 4.98 Å². The molecule has 1 aromatic heterocycles. The third-order valence-electron chi connectivity index (χ3n) is 3.93. The van der Waals surface area contributed by atoms with E-state index in [1.807, 2.05) is 48.5 Å². The number of nitrogens with zero attached hydrogens (tertiary/aromatic N) is 3. The van der Waals surface area contributed by atoms with E-state index in [0.717, 1.165) is 28.3 Å². The van der Waals surface area contributed by atoms with Crippen LogP contribution < -0.4 is 0 Å². The van der Waals surface area contributed by atoms with E-state index >= 15 is 0 Å². The van der Waals surface area contributed by atoms with Gasteiger partial charge in [0, 0.05) is 20.6 Å². The number of aryl methyl sites for hydroxylation is 1. The van der Waals surface area contributed by atoms with E-state index in [2.05, 4.69) is 17.6 Å². The molecule has 0 aliphatic heterocycles. The summed E-state index contributed by atoms with van der Waals surface area (Å²) < 4.78 is 2.17. The molecular formula is C19H21N3OS. The van der Waals surface area contributed by atoms with Gasteiger partial charge in [-0.2, -0.15) is 0 Å². The molecule has 3 rings (SSSR count). The number of carbonyl (C=O) groups excluding carboxylic acids is 1. The van der Waals surface area contributed by atoms with Gasteiger partial charge in [0.2, 0.25) is 5.91 Å². The normalized spacial score (nSPS) is 12.3. The number of benzene rings is 2. The fraction of sp³-hybridized carbons (Fsp3) is 0.263. The zero-order valence-electron chi connectivity index (χ0n) is 14.1. The van der Waals surface area contributed by atoms with Crippen LogP contribution in [0.15, 0.2) is 59.8 Å². The molecule has 124 valence electrons. The molecule has 0 bridgehead atoms. The van der Waals surface area contributed by atoms with Gasteiger partial charge < -0.3 is 9.47 Å². The summed E-state index contributed by atoms with van der Waals surface area (Å²) in [6, 6.07) is 18.0. The molecule has 1 amide bonds. The highest BCUT2D eigenvalue weighted by Gasteiger charge is 2.26. The molecule has 0 aliphatic rings. The first-order valence-electron chi connectivity index (χ1n) is 8.00. The Hall–Kier alpha value is -2.27. The van der Waals surface area contributed by atoms with E-state index < -0.39 is 0 Å². The summed E-state index contributed by atoms with van der Waals surface area (Å²) in [5, 5.41) is 0.575. The van der Waals surface area contributed by atoms with Crippen molar-refractivity contribution in [1.82, 2.24) is 14.5 Å². The molecule has 0 saturated carbocycles. The molecule has 0 spiro atoms. The van der Waals surface area contributed by atoms with Crippen molar-refractivity contribution in [3.63, 3.8) is 0 Å². The van der Waals surface area contributed by atoms with Crippen molar-refractivity contribution < 1.29 is 4.79 Å². The maximum atomic E-state index is 12.7. The summed E-state index contributed by atoms with van der Waals surface area (Å²) in [7, 11) is 3.59. The molecular weight excluding hydrogens is 318 g/mol. The molecule has 0 radical (unpaired) electrons. The number of likely N-dealkylation sites (N-methyl/N-ethyl adjacent to an activating group) is 1. The van der Waals surface area contributed by atoms with Crippen molar-refractivity contribution in [2.45, 2.75) is 23.9 Å². The monoisotopic (exact) mass is 339 g/mol. The lowest BCUT2D eigenvalue weighted by molar-refractivity contribution is -0.128. The molecule has 2 aromatic carbocycles. The second kappa shape index (κ2) is 7.09. The number of carbonyl (C=O) groups is 1. The van der Waals surface area contributed by atoms with Crippen LogP contribution in [0.3, 0.4) is 0 Å². The Balaban J connectivity index is 2.03. The number of fused-ring (bicyclic) bond motifs is 1. The van der Waals surface area contributed by atoms with Crippen molar-refractivity contribution in [1.29, 1.82) is 0 Å². The number of aromatic nitrogens is 2. The average Bonchev–Trinajstić information content (AvgIpc) is 2.96. The standard InChI is InChI=1S/C19H21N3OS/c1-4-22-16-13-9-8-12-15(16)20-19(22)24-17(18(23)21(2)3)14-10-6-5-7-11-14/h5-13,17H,4H2,1-3H3. The number of rotatable bonds is 5. The average molecular weight is 339 g/mol. The molecule has 1 atom stereocenters. The number of amides is 1. The van der Waals surface area contributed by atoms with Gasteiger partial charge in [-0.3, -0.25) is 4.79 Å². The molecule has 1 unspecified atom stereocenters. The molecule has 5 heteroatoms. The van der Waals surface area contributed by atoms with E-state index in [1.54, 1.807) is 19.0 Å². The summed E-state index contributed by atoms with van der Waals surface area (Å²) in [5.41, 5.74) is 3.06. The molecule has 4 nitrogen and oxygen atoms in total. The van der Waals surface area contributed by atoms with Crippen LogP contribution in [0, 0.1) is 0 Å². The highest BCUT2D eigenvalue weighted by Crippen LogP contribution is 2.37. The Labute approximate surface area is 146 Å². The highest BCUT2D eigenvalue weighted by atomic mass is 32.2. The van der Waals surface area contributed by atoms with Gasteiger partial charge in [0.1, 0.15) is 5.25 Å². The van der Waals surface area contributed by atoms with Gasteiger partial charge in [0.05, 0.1) is 11.0 Å². The van der Waals surface area contributed by atoms with Crippen LogP contribution in [-0.4, -0.2) is 34.5 Å². The van der Waals surface area contributed by atoms with Crippen LogP contribution in [0.1, 0.15) is 17.7 Å². The molecule has 1 heterocycles. The second-order valence-corrected chi connectivity index (χ2v) is 6.84. The van der Waals surface area contributed by atoms with Crippen LogP contribution >= 0.6 is 11.8 Å². The Morgan fingerprint density at radius 3 is 2.46 bits per heavy atom. The molecule has 0 fully saturated rings. The Morgan fingerprint density at radius 2 is 1.79 bits per heavy atom. The number of hydrogen-bond donors (Lipinski definition) is 0. The van der Waals surface area contributed by atoms with E-state index in [-0.39, 0.29) is 11.2 Å². The quantitative estimate of drug-likeness (QED) is 0.660. The smallest absolute Gasteiger partial charge is 0.240 e. The molecule has 3 aromatic rings. The summed E-state index contributed by atoms with van der Waals surface area (Å²) in [6.45, 7) is 2.92. The lowest BCUT2D eigenvalue weighted by atomic mass is 10.1. The van der Waals surface area contributed by atoms with Crippen molar-refractivity contribution in [2.24, 2.45) is 0 Å². The zero-order chi connectivity index (χ0) is 17.1. The summed E-state index contributed by atoms with van der Waals surface area (Å²) in [4.78, 5) is 19.1. The first-order valence-corrected chi connectivity index (χ1v) is 8.87. The molecule has 0 aliphatic carbocycles. The van der Waals surface area contributed by atoms with Crippen molar-refractivity contribution in [3.05, 3.63) is 60.2 Å².